The topological polar surface area (TPSA) is 0 Å². The van der Waals surface area contributed by atoms with Crippen molar-refractivity contribution in [2.24, 2.45) is 0 Å². The maximum absolute atomic E-state index is 6.07. The lowest BCUT2D eigenvalue weighted by Crippen LogP contribution is -2.01. The Kier molecular flexibility index (Phi) is 2.90. The molecule has 0 aliphatic heterocycles. The van der Waals surface area contributed by atoms with Crippen LogP contribution in [0.4, 0.5) is 0 Å². The van der Waals surface area contributed by atoms with E-state index in [1.165, 1.54) is 5.39 Å². The molecule has 18 heavy (non-hydrogen) atoms. The summed E-state index contributed by atoms with van der Waals surface area (Å²) in [6.07, 6.45) is 0. The van der Waals surface area contributed by atoms with E-state index in [1.807, 2.05) is 42.5 Å². The fourth-order valence-corrected chi connectivity index (χ4v) is 2.76. The number of hydrogen-bond donors (Lipinski definition) is 0. The van der Waals surface area contributed by atoms with Crippen LogP contribution in [0, 0.1) is 0 Å². The first kappa shape index (κ1) is 12.1. The van der Waals surface area contributed by atoms with Crippen LogP contribution in [-0.4, -0.2) is 0 Å². The van der Waals surface area contributed by atoms with Gasteiger partial charge >= 0.3 is 0 Å². The second-order valence-electron chi connectivity index (χ2n) is 4.19. The fourth-order valence-electron chi connectivity index (χ4n) is 2.29. The van der Waals surface area contributed by atoms with Crippen LogP contribution in [0.1, 0.15) is 5.56 Å². The quantitative estimate of drug-likeness (QED) is 0.362. The Morgan fingerprint density at radius 1 is 0.667 bits per heavy atom. The minimum atomic E-state index is -1.41. The molecule has 3 rings (SSSR count). The Labute approximate surface area is 120 Å². The molecule has 0 atom stereocenters. The van der Waals surface area contributed by atoms with Crippen LogP contribution in [0.2, 0.25) is 0 Å². The number of halogens is 3. The van der Waals surface area contributed by atoms with E-state index in [0.717, 1.165) is 21.7 Å². The molecule has 0 nitrogen and oxygen atoms in total. The zero-order chi connectivity index (χ0) is 12.8. The molecular formula is C15H9Cl3. The van der Waals surface area contributed by atoms with Gasteiger partial charge in [0, 0.05) is 5.56 Å². The van der Waals surface area contributed by atoms with Crippen LogP contribution in [0.25, 0.3) is 21.5 Å². The molecular weight excluding hydrogens is 287 g/mol. The van der Waals surface area contributed by atoms with Crippen molar-refractivity contribution in [2.75, 3.05) is 0 Å². The first-order valence-corrected chi connectivity index (χ1v) is 6.68. The van der Waals surface area contributed by atoms with E-state index in [4.69, 9.17) is 34.8 Å². The van der Waals surface area contributed by atoms with Gasteiger partial charge in [-0.3, -0.25) is 0 Å². The predicted octanol–water partition coefficient (Wildman–Crippen LogP) is 5.82. The fraction of sp³-hybridized carbons (Fsp3) is 0.0667. The molecule has 0 aliphatic carbocycles. The van der Waals surface area contributed by atoms with Gasteiger partial charge in [0.2, 0.25) is 3.79 Å². The van der Waals surface area contributed by atoms with Crippen molar-refractivity contribution in [1.29, 1.82) is 0 Å². The standard InChI is InChI=1S/C15H9Cl3/c16-15(17,18)14-9-10-5-1-2-6-11(10)12-7-3-4-8-13(12)14/h1-9H. The highest BCUT2D eigenvalue weighted by molar-refractivity contribution is 6.67. The predicted molar refractivity (Wildman–Crippen MR) is 80.7 cm³/mol. The third-order valence-corrected chi connectivity index (χ3v) is 3.68. The van der Waals surface area contributed by atoms with E-state index in [9.17, 15) is 0 Å². The summed E-state index contributed by atoms with van der Waals surface area (Å²) in [5.74, 6) is 0. The van der Waals surface area contributed by atoms with E-state index < -0.39 is 3.79 Å². The average Bonchev–Trinajstić information content (AvgIpc) is 2.37. The lowest BCUT2D eigenvalue weighted by molar-refractivity contribution is 1.28. The maximum atomic E-state index is 6.07. The number of rotatable bonds is 0. The van der Waals surface area contributed by atoms with E-state index in [1.54, 1.807) is 0 Å². The largest absolute Gasteiger partial charge is 0.216 e. The number of alkyl halides is 3. The molecule has 3 aromatic rings. The third kappa shape index (κ3) is 1.95. The van der Waals surface area contributed by atoms with Gasteiger partial charge in [-0.05, 0) is 27.6 Å². The van der Waals surface area contributed by atoms with Crippen LogP contribution in [0.3, 0.4) is 0 Å². The molecule has 0 N–H and O–H groups in total. The summed E-state index contributed by atoms with van der Waals surface area (Å²) in [5.41, 5.74) is 0.724. The molecule has 0 unspecified atom stereocenters. The van der Waals surface area contributed by atoms with Crippen LogP contribution in [-0.2, 0) is 3.79 Å². The zero-order valence-corrected chi connectivity index (χ0v) is 11.6. The Morgan fingerprint density at radius 3 is 1.89 bits per heavy atom. The molecule has 90 valence electrons. The highest BCUT2D eigenvalue weighted by Gasteiger charge is 2.25. The zero-order valence-electron chi connectivity index (χ0n) is 9.33. The van der Waals surface area contributed by atoms with E-state index in [0.29, 0.717) is 0 Å². The van der Waals surface area contributed by atoms with Crippen LogP contribution >= 0.6 is 34.8 Å². The number of fused-ring (bicyclic) bond motifs is 3. The van der Waals surface area contributed by atoms with Crippen molar-refractivity contribution in [2.45, 2.75) is 3.79 Å². The minimum absolute atomic E-state index is 0.724. The summed E-state index contributed by atoms with van der Waals surface area (Å²) in [4.78, 5) is 0. The Balaban J connectivity index is 2.55. The second kappa shape index (κ2) is 4.31. The molecule has 0 bridgehead atoms. The molecule has 0 radical (unpaired) electrons. The van der Waals surface area contributed by atoms with E-state index in [-0.39, 0.29) is 0 Å². The van der Waals surface area contributed by atoms with E-state index in [2.05, 4.69) is 12.1 Å². The van der Waals surface area contributed by atoms with Crippen molar-refractivity contribution in [3.8, 4) is 0 Å². The summed E-state index contributed by atoms with van der Waals surface area (Å²) >= 11 is 18.2. The SMILES string of the molecule is ClC(Cl)(Cl)c1cc2ccccc2c2ccccc12. The number of hydrogen-bond acceptors (Lipinski definition) is 0. The number of benzene rings is 3. The van der Waals surface area contributed by atoms with Crippen molar-refractivity contribution in [1.82, 2.24) is 0 Å². The third-order valence-electron chi connectivity index (χ3n) is 3.07. The van der Waals surface area contributed by atoms with Crippen molar-refractivity contribution in [3.63, 3.8) is 0 Å². The van der Waals surface area contributed by atoms with Crippen molar-refractivity contribution >= 4 is 56.3 Å². The van der Waals surface area contributed by atoms with Crippen LogP contribution < -0.4 is 0 Å². The summed E-state index contributed by atoms with van der Waals surface area (Å²) in [6.45, 7) is 0. The van der Waals surface area contributed by atoms with Crippen LogP contribution in [0.5, 0.6) is 0 Å². The van der Waals surface area contributed by atoms with Gasteiger partial charge in [-0.2, -0.15) is 0 Å². The first-order chi connectivity index (χ1) is 8.57. The average molecular weight is 296 g/mol. The summed E-state index contributed by atoms with van der Waals surface area (Å²) < 4.78 is -1.41. The minimum Gasteiger partial charge on any atom is -0.0784 e. The van der Waals surface area contributed by atoms with Gasteiger partial charge in [0.05, 0.1) is 0 Å². The van der Waals surface area contributed by atoms with Crippen molar-refractivity contribution in [3.05, 3.63) is 60.2 Å². The van der Waals surface area contributed by atoms with Gasteiger partial charge in [0.15, 0.2) is 0 Å². The molecule has 0 saturated carbocycles. The smallest absolute Gasteiger partial charge is 0.0784 e. The molecule has 3 heteroatoms. The molecule has 0 fully saturated rings. The Bertz CT molecular complexity index is 726. The Morgan fingerprint density at radius 2 is 1.22 bits per heavy atom. The lowest BCUT2D eigenvalue weighted by atomic mass is 9.98. The molecule has 3 aromatic carbocycles. The monoisotopic (exact) mass is 294 g/mol. The molecule has 0 aliphatic rings. The normalized spacial score (nSPS) is 12.2. The van der Waals surface area contributed by atoms with Gasteiger partial charge < -0.3 is 0 Å². The Hall–Kier alpha value is -0.950. The maximum Gasteiger partial charge on any atom is 0.216 e. The highest BCUT2D eigenvalue weighted by Crippen LogP contribution is 2.43. The molecule has 0 aromatic heterocycles. The molecule has 0 amide bonds. The van der Waals surface area contributed by atoms with E-state index >= 15 is 0 Å². The summed E-state index contributed by atoms with van der Waals surface area (Å²) in [7, 11) is 0. The van der Waals surface area contributed by atoms with Gasteiger partial charge in [-0.1, -0.05) is 83.3 Å². The lowest BCUT2D eigenvalue weighted by Gasteiger charge is -2.16. The molecule has 0 spiro atoms. The second-order valence-corrected chi connectivity index (χ2v) is 6.47. The van der Waals surface area contributed by atoms with Gasteiger partial charge in [-0.15, -0.1) is 0 Å². The molecule has 0 saturated heterocycles. The highest BCUT2D eigenvalue weighted by atomic mass is 35.6. The van der Waals surface area contributed by atoms with Gasteiger partial charge in [0.25, 0.3) is 0 Å². The van der Waals surface area contributed by atoms with Gasteiger partial charge in [-0.25, -0.2) is 0 Å². The van der Waals surface area contributed by atoms with Gasteiger partial charge in [0.1, 0.15) is 0 Å². The summed E-state index contributed by atoms with van der Waals surface area (Å²) in [5, 5.41) is 4.34. The molecule has 0 heterocycles. The van der Waals surface area contributed by atoms with Crippen LogP contribution in [0.15, 0.2) is 54.6 Å². The van der Waals surface area contributed by atoms with Crippen molar-refractivity contribution < 1.29 is 0 Å². The summed E-state index contributed by atoms with van der Waals surface area (Å²) in [6, 6.07) is 18.1. The first-order valence-electron chi connectivity index (χ1n) is 5.55.